The van der Waals surface area contributed by atoms with Gasteiger partial charge in [0.25, 0.3) is 0 Å². The van der Waals surface area contributed by atoms with Gasteiger partial charge < -0.3 is 14.2 Å². The minimum Gasteiger partial charge on any atom is -0.760 e. The Morgan fingerprint density at radius 3 is 2.62 bits per heavy atom. The highest BCUT2D eigenvalue weighted by atomic mass is 35.5. The Labute approximate surface area is 131 Å². The predicted molar refractivity (Wildman–Crippen MR) is 81.5 cm³/mol. The van der Waals surface area contributed by atoms with Crippen LogP contribution in [0.1, 0.15) is 18.4 Å². The topological polar surface area (TPSA) is 102 Å². The van der Waals surface area contributed by atoms with Crippen LogP contribution in [-0.2, 0) is 16.0 Å². The Hall–Kier alpha value is -1.17. The SMILES string of the molecule is CN(c1c(Cl)cccc1C#N)C1CCOCC1.NS(=O)[O-]. The highest BCUT2D eigenvalue weighted by Gasteiger charge is 2.22. The van der Waals surface area contributed by atoms with Crippen LogP contribution in [-0.4, -0.2) is 35.1 Å². The third-order valence-corrected chi connectivity index (χ3v) is 3.50. The molecule has 21 heavy (non-hydrogen) atoms. The van der Waals surface area contributed by atoms with Crippen molar-refractivity contribution in [3.05, 3.63) is 28.8 Å². The normalized spacial score (nSPS) is 16.3. The zero-order valence-electron chi connectivity index (χ0n) is 11.6. The van der Waals surface area contributed by atoms with Crippen LogP contribution < -0.4 is 10.0 Å². The number of anilines is 1. The first-order valence-corrected chi connectivity index (χ1v) is 7.81. The predicted octanol–water partition coefficient (Wildman–Crippen LogP) is 1.57. The van der Waals surface area contributed by atoms with Gasteiger partial charge in [0.05, 0.1) is 16.3 Å². The molecule has 1 aliphatic rings. The number of halogens is 1. The van der Waals surface area contributed by atoms with Gasteiger partial charge in [-0.1, -0.05) is 17.7 Å². The fourth-order valence-corrected chi connectivity index (χ4v) is 2.53. The number of nitriles is 1. The molecule has 116 valence electrons. The molecule has 0 radical (unpaired) electrons. The van der Waals surface area contributed by atoms with Crippen molar-refractivity contribution in [2.45, 2.75) is 18.9 Å². The number of ether oxygens (including phenoxy) is 1. The average molecular weight is 331 g/mol. The molecule has 0 aliphatic carbocycles. The van der Waals surface area contributed by atoms with Gasteiger partial charge in [-0.2, -0.15) is 5.26 Å². The summed E-state index contributed by atoms with van der Waals surface area (Å²) >= 11 is 3.84. The summed E-state index contributed by atoms with van der Waals surface area (Å²) in [6.45, 7) is 1.56. The molecule has 1 heterocycles. The lowest BCUT2D eigenvalue weighted by Gasteiger charge is -2.33. The molecule has 1 aromatic rings. The van der Waals surface area contributed by atoms with E-state index >= 15 is 0 Å². The monoisotopic (exact) mass is 330 g/mol. The van der Waals surface area contributed by atoms with Gasteiger partial charge in [-0.3, -0.25) is 9.35 Å². The van der Waals surface area contributed by atoms with Gasteiger partial charge in [0.15, 0.2) is 0 Å². The molecule has 1 atom stereocenters. The molecule has 6 nitrogen and oxygen atoms in total. The molecule has 2 N–H and O–H groups in total. The van der Waals surface area contributed by atoms with Crippen LogP contribution in [0.3, 0.4) is 0 Å². The summed E-state index contributed by atoms with van der Waals surface area (Å²) in [6.07, 6.45) is 1.96. The van der Waals surface area contributed by atoms with Crippen LogP contribution in [0.4, 0.5) is 5.69 Å². The quantitative estimate of drug-likeness (QED) is 0.829. The maximum Gasteiger partial charge on any atom is 0.101 e. The van der Waals surface area contributed by atoms with E-state index in [2.05, 4.69) is 16.1 Å². The van der Waals surface area contributed by atoms with E-state index < -0.39 is 11.3 Å². The van der Waals surface area contributed by atoms with Crippen LogP contribution in [0.15, 0.2) is 18.2 Å². The number of nitrogens with two attached hydrogens (primary N) is 1. The van der Waals surface area contributed by atoms with E-state index in [0.717, 1.165) is 31.7 Å². The van der Waals surface area contributed by atoms with Crippen LogP contribution in [0.25, 0.3) is 0 Å². The van der Waals surface area contributed by atoms with Crippen LogP contribution >= 0.6 is 11.6 Å². The van der Waals surface area contributed by atoms with Crippen molar-refractivity contribution in [3.63, 3.8) is 0 Å². The molecule has 2 rings (SSSR count). The van der Waals surface area contributed by atoms with Gasteiger partial charge >= 0.3 is 0 Å². The number of hydrogen-bond acceptors (Lipinski definition) is 5. The van der Waals surface area contributed by atoms with Crippen molar-refractivity contribution in [1.29, 1.82) is 5.26 Å². The van der Waals surface area contributed by atoms with Crippen LogP contribution in [0.5, 0.6) is 0 Å². The van der Waals surface area contributed by atoms with Crippen molar-refractivity contribution in [3.8, 4) is 6.07 Å². The molecule has 1 saturated heterocycles. The van der Waals surface area contributed by atoms with Gasteiger partial charge in [0.1, 0.15) is 6.07 Å². The summed E-state index contributed by atoms with van der Waals surface area (Å²) in [5.41, 5.74) is 1.47. The Balaban J connectivity index is 0.000000491. The number of nitrogens with zero attached hydrogens (tertiary/aromatic N) is 2. The van der Waals surface area contributed by atoms with E-state index in [9.17, 15) is 0 Å². The third kappa shape index (κ3) is 5.61. The first-order valence-electron chi connectivity index (χ1n) is 6.30. The number of rotatable bonds is 2. The van der Waals surface area contributed by atoms with E-state index in [1.165, 1.54) is 0 Å². The van der Waals surface area contributed by atoms with E-state index in [1.54, 1.807) is 6.07 Å². The largest absolute Gasteiger partial charge is 0.760 e. The van der Waals surface area contributed by atoms with Crippen molar-refractivity contribution in [2.24, 2.45) is 5.14 Å². The smallest absolute Gasteiger partial charge is 0.101 e. The number of benzene rings is 1. The van der Waals surface area contributed by atoms with Crippen LogP contribution in [0.2, 0.25) is 5.02 Å². The molecular weight excluding hydrogens is 314 g/mol. The molecule has 0 saturated carbocycles. The Bertz CT molecular complexity index is 526. The second-order valence-corrected chi connectivity index (χ2v) is 5.39. The fourth-order valence-electron chi connectivity index (χ4n) is 2.22. The molecular formula is C13H17ClN3O3S-. The van der Waals surface area contributed by atoms with Gasteiger partial charge in [-0.25, -0.2) is 0 Å². The number of hydrogen-bond donors (Lipinski definition) is 1. The molecule has 0 amide bonds. The van der Waals surface area contributed by atoms with E-state index in [0.29, 0.717) is 16.6 Å². The second kappa shape index (κ2) is 8.97. The summed E-state index contributed by atoms with van der Waals surface area (Å²) in [5.74, 6) is 0. The van der Waals surface area contributed by atoms with Gasteiger partial charge in [-0.15, -0.1) is 0 Å². The summed E-state index contributed by atoms with van der Waals surface area (Å²) in [4.78, 5) is 2.11. The molecule has 1 unspecified atom stereocenters. The molecule has 1 aliphatic heterocycles. The Morgan fingerprint density at radius 2 is 2.10 bits per heavy atom. The third-order valence-electron chi connectivity index (χ3n) is 3.20. The van der Waals surface area contributed by atoms with E-state index in [4.69, 9.17) is 30.4 Å². The van der Waals surface area contributed by atoms with Crippen LogP contribution in [0, 0.1) is 11.3 Å². The minimum atomic E-state index is -2.36. The summed E-state index contributed by atoms with van der Waals surface area (Å²) < 4.78 is 22.9. The standard InChI is InChI=1S/C13H15ClN2O.H3NO2S/c1-16(11-5-7-17-8-6-11)13-10(9-15)3-2-4-12(13)14;1-4(2)3/h2-4,11H,5-8H2,1H3;1H2,(H,2,3)/p-1. The zero-order chi connectivity index (χ0) is 15.8. The molecule has 0 spiro atoms. The van der Waals surface area contributed by atoms with Gasteiger partial charge in [0, 0.05) is 37.6 Å². The van der Waals surface area contributed by atoms with Crippen molar-refractivity contribution in [1.82, 2.24) is 0 Å². The van der Waals surface area contributed by atoms with Crippen molar-refractivity contribution < 1.29 is 13.5 Å². The van der Waals surface area contributed by atoms with E-state index in [-0.39, 0.29) is 0 Å². The van der Waals surface area contributed by atoms with Crippen molar-refractivity contribution in [2.75, 3.05) is 25.2 Å². The second-order valence-electron chi connectivity index (χ2n) is 4.46. The van der Waals surface area contributed by atoms with Gasteiger partial charge in [0.2, 0.25) is 0 Å². The maximum atomic E-state index is 9.13. The van der Waals surface area contributed by atoms with E-state index in [1.807, 2.05) is 19.2 Å². The molecule has 1 fully saturated rings. The summed E-state index contributed by atoms with van der Waals surface area (Å²) in [6, 6.07) is 8.04. The summed E-state index contributed by atoms with van der Waals surface area (Å²) in [5, 5.41) is 13.8. The highest BCUT2D eigenvalue weighted by molar-refractivity contribution is 7.76. The molecule has 0 aromatic heterocycles. The molecule has 1 aromatic carbocycles. The van der Waals surface area contributed by atoms with Gasteiger partial charge in [-0.05, 0) is 25.0 Å². The zero-order valence-corrected chi connectivity index (χ0v) is 13.2. The maximum absolute atomic E-state index is 9.13. The number of para-hydroxylation sites is 1. The molecule has 0 bridgehead atoms. The fraction of sp³-hybridized carbons (Fsp3) is 0.462. The van der Waals surface area contributed by atoms with Crippen molar-refractivity contribution >= 4 is 28.6 Å². The lowest BCUT2D eigenvalue weighted by atomic mass is 10.1. The first-order chi connectivity index (χ1) is 9.97. The Kier molecular flexibility index (Phi) is 7.64. The summed E-state index contributed by atoms with van der Waals surface area (Å²) in [7, 11) is 2.00. The highest BCUT2D eigenvalue weighted by Crippen LogP contribution is 2.31. The molecule has 8 heteroatoms. The Morgan fingerprint density at radius 1 is 1.52 bits per heavy atom. The first kappa shape index (κ1) is 17.9. The lowest BCUT2D eigenvalue weighted by Crippen LogP contribution is -2.37. The lowest BCUT2D eigenvalue weighted by molar-refractivity contribution is 0.0855. The minimum absolute atomic E-state index is 0.399. The average Bonchev–Trinajstić information content (AvgIpc) is 2.46.